The molecule has 0 aliphatic carbocycles. The van der Waals surface area contributed by atoms with Crippen LogP contribution >= 0.6 is 0 Å². The van der Waals surface area contributed by atoms with Crippen molar-refractivity contribution in [1.82, 2.24) is 4.98 Å². The highest BCUT2D eigenvalue weighted by Crippen LogP contribution is 2.17. The molecule has 130 valence electrons. The molecule has 7 nitrogen and oxygen atoms in total. The van der Waals surface area contributed by atoms with Crippen LogP contribution in [-0.2, 0) is 9.47 Å². The van der Waals surface area contributed by atoms with Crippen LogP contribution in [0.2, 0.25) is 0 Å². The number of nitrogens with zero attached hydrogens (tertiary/aromatic N) is 1. The maximum Gasteiger partial charge on any atom is 0.356 e. The Balaban J connectivity index is 2.22. The molecule has 7 heteroatoms. The molecule has 0 spiro atoms. The Labute approximate surface area is 145 Å². The molecule has 0 bridgehead atoms. The molecule has 1 N–H and O–H groups in total. The fourth-order valence-electron chi connectivity index (χ4n) is 2.05. The van der Waals surface area contributed by atoms with Gasteiger partial charge in [0.15, 0.2) is 0 Å². The third-order valence-corrected chi connectivity index (χ3v) is 3.14. The molecular weight excluding hydrogens is 324 g/mol. The highest BCUT2D eigenvalue weighted by Gasteiger charge is 2.17. The van der Waals surface area contributed by atoms with Gasteiger partial charge in [0.1, 0.15) is 11.4 Å². The predicted octanol–water partition coefficient (Wildman–Crippen LogP) is 2.69. The third-order valence-electron chi connectivity index (χ3n) is 3.14. The van der Waals surface area contributed by atoms with Crippen molar-refractivity contribution >= 4 is 23.5 Å². The van der Waals surface area contributed by atoms with Crippen LogP contribution in [0.25, 0.3) is 0 Å². The van der Waals surface area contributed by atoms with Gasteiger partial charge in [0.05, 0.1) is 24.5 Å². The van der Waals surface area contributed by atoms with E-state index in [-0.39, 0.29) is 30.2 Å². The molecule has 25 heavy (non-hydrogen) atoms. The zero-order chi connectivity index (χ0) is 18.2. The maximum absolute atomic E-state index is 12.4. The number of aromatic nitrogens is 1. The lowest BCUT2D eigenvalue weighted by Gasteiger charge is -2.10. The molecule has 2 aromatic rings. The molecule has 2 rings (SSSR count). The number of hydrogen-bond donors (Lipinski definition) is 1. The van der Waals surface area contributed by atoms with Crippen LogP contribution < -0.4 is 5.32 Å². The first-order valence-corrected chi connectivity index (χ1v) is 7.78. The van der Waals surface area contributed by atoms with Crippen molar-refractivity contribution < 1.29 is 23.9 Å². The van der Waals surface area contributed by atoms with Gasteiger partial charge in [-0.05, 0) is 38.1 Å². The smallest absolute Gasteiger partial charge is 0.356 e. The molecular formula is C18H18N2O5. The summed E-state index contributed by atoms with van der Waals surface area (Å²) in [6.45, 7) is 3.82. The number of amides is 1. The van der Waals surface area contributed by atoms with Crippen LogP contribution in [0.5, 0.6) is 0 Å². The largest absolute Gasteiger partial charge is 0.462 e. The summed E-state index contributed by atoms with van der Waals surface area (Å²) >= 11 is 0. The lowest BCUT2D eigenvalue weighted by atomic mass is 10.1. The Morgan fingerprint density at radius 1 is 0.880 bits per heavy atom. The van der Waals surface area contributed by atoms with Gasteiger partial charge in [-0.25, -0.2) is 14.6 Å². The summed E-state index contributed by atoms with van der Waals surface area (Å²) in [7, 11) is 0. The Hall–Kier alpha value is -3.22. The van der Waals surface area contributed by atoms with E-state index in [9.17, 15) is 14.4 Å². The summed E-state index contributed by atoms with van der Waals surface area (Å²) < 4.78 is 9.83. The van der Waals surface area contributed by atoms with Gasteiger partial charge in [0, 0.05) is 0 Å². The molecule has 1 aromatic carbocycles. The first kappa shape index (κ1) is 18.1. The van der Waals surface area contributed by atoms with Crippen LogP contribution in [0, 0.1) is 0 Å². The van der Waals surface area contributed by atoms with Gasteiger partial charge < -0.3 is 14.8 Å². The summed E-state index contributed by atoms with van der Waals surface area (Å²) in [5.74, 6) is -1.70. The van der Waals surface area contributed by atoms with Gasteiger partial charge >= 0.3 is 11.9 Å². The number of hydrogen-bond acceptors (Lipinski definition) is 6. The van der Waals surface area contributed by atoms with E-state index in [1.54, 1.807) is 38.1 Å². The topological polar surface area (TPSA) is 94.6 Å². The molecule has 1 heterocycles. The van der Waals surface area contributed by atoms with Crippen molar-refractivity contribution in [2.75, 3.05) is 18.5 Å². The van der Waals surface area contributed by atoms with Crippen molar-refractivity contribution in [3.8, 4) is 0 Å². The van der Waals surface area contributed by atoms with E-state index in [1.807, 2.05) is 0 Å². The Kier molecular flexibility index (Phi) is 6.22. The van der Waals surface area contributed by atoms with Crippen LogP contribution in [-0.4, -0.2) is 36.0 Å². The second-order valence-electron chi connectivity index (χ2n) is 4.85. The molecule has 1 amide bonds. The lowest BCUT2D eigenvalue weighted by Crippen LogP contribution is -2.18. The number of ether oxygens (including phenoxy) is 2. The Bertz CT molecular complexity index is 789. The van der Waals surface area contributed by atoms with Gasteiger partial charge in [0.2, 0.25) is 0 Å². The molecule has 0 unspecified atom stereocenters. The number of carbonyl (C=O) groups is 3. The molecule has 0 aliphatic rings. The quantitative estimate of drug-likeness (QED) is 0.811. The summed E-state index contributed by atoms with van der Waals surface area (Å²) in [4.78, 5) is 40.1. The third kappa shape index (κ3) is 4.63. The van der Waals surface area contributed by atoms with Crippen molar-refractivity contribution in [2.24, 2.45) is 0 Å². The van der Waals surface area contributed by atoms with E-state index in [0.717, 1.165) is 0 Å². The van der Waals surface area contributed by atoms with Crippen molar-refractivity contribution in [2.45, 2.75) is 13.8 Å². The van der Waals surface area contributed by atoms with Crippen molar-refractivity contribution in [1.29, 1.82) is 0 Å². The monoisotopic (exact) mass is 342 g/mol. The minimum Gasteiger partial charge on any atom is -0.462 e. The first-order chi connectivity index (χ1) is 12.1. The van der Waals surface area contributed by atoms with E-state index < -0.39 is 17.8 Å². The number of nitrogens with one attached hydrogen (secondary N) is 1. The number of anilines is 1. The molecule has 0 radical (unpaired) electrons. The number of carbonyl (C=O) groups excluding carboxylic acids is 3. The second-order valence-corrected chi connectivity index (χ2v) is 4.85. The Morgan fingerprint density at radius 2 is 1.52 bits per heavy atom. The highest BCUT2D eigenvalue weighted by molar-refractivity contribution is 6.07. The summed E-state index contributed by atoms with van der Waals surface area (Å²) in [5, 5.41) is 2.61. The Morgan fingerprint density at radius 3 is 2.24 bits per heavy atom. The minimum absolute atomic E-state index is 0.0317. The molecule has 0 aliphatic heterocycles. The minimum atomic E-state index is -0.607. The van der Waals surface area contributed by atoms with Gasteiger partial charge in [-0.2, -0.15) is 0 Å². The average Bonchev–Trinajstić information content (AvgIpc) is 2.62. The van der Waals surface area contributed by atoms with Crippen LogP contribution in [0.15, 0.2) is 42.5 Å². The summed E-state index contributed by atoms with van der Waals surface area (Å²) in [6, 6.07) is 10.9. The normalized spacial score (nSPS) is 10.0. The van der Waals surface area contributed by atoms with E-state index in [4.69, 9.17) is 9.47 Å². The number of esters is 2. The summed E-state index contributed by atoms with van der Waals surface area (Å²) in [5.41, 5.74) is 0.603. The van der Waals surface area contributed by atoms with E-state index >= 15 is 0 Å². The second kappa shape index (κ2) is 8.58. The standard InChI is InChI=1S/C18H18N2O5/c1-3-24-17(22)12-8-5-6-9-13(12)20-16(21)14-10-7-11-15(19-14)18(23)25-4-2/h5-11H,3-4H2,1-2H3,(H,20,21). The predicted molar refractivity (Wildman–Crippen MR) is 90.5 cm³/mol. The fraction of sp³-hybridized carbons (Fsp3) is 0.222. The SMILES string of the molecule is CCOC(=O)c1cccc(C(=O)Nc2ccccc2C(=O)OCC)n1. The maximum atomic E-state index is 12.4. The fourth-order valence-corrected chi connectivity index (χ4v) is 2.05. The molecule has 0 fully saturated rings. The van der Waals surface area contributed by atoms with E-state index in [0.29, 0.717) is 5.69 Å². The zero-order valence-electron chi connectivity index (χ0n) is 13.9. The number of para-hydroxylation sites is 1. The van der Waals surface area contributed by atoms with Crippen LogP contribution in [0.4, 0.5) is 5.69 Å². The van der Waals surface area contributed by atoms with Gasteiger partial charge in [-0.3, -0.25) is 4.79 Å². The van der Waals surface area contributed by atoms with E-state index in [1.165, 1.54) is 18.2 Å². The van der Waals surface area contributed by atoms with Crippen molar-refractivity contribution in [3.63, 3.8) is 0 Å². The highest BCUT2D eigenvalue weighted by atomic mass is 16.5. The molecule has 1 aromatic heterocycles. The van der Waals surface area contributed by atoms with Gasteiger partial charge in [0.25, 0.3) is 5.91 Å². The average molecular weight is 342 g/mol. The van der Waals surface area contributed by atoms with E-state index in [2.05, 4.69) is 10.3 Å². The zero-order valence-corrected chi connectivity index (χ0v) is 13.9. The summed E-state index contributed by atoms with van der Waals surface area (Å²) in [6.07, 6.45) is 0. The van der Waals surface area contributed by atoms with Gasteiger partial charge in [-0.1, -0.05) is 18.2 Å². The van der Waals surface area contributed by atoms with Crippen LogP contribution in [0.3, 0.4) is 0 Å². The number of pyridine rings is 1. The number of benzene rings is 1. The van der Waals surface area contributed by atoms with Gasteiger partial charge in [-0.15, -0.1) is 0 Å². The molecule has 0 atom stereocenters. The molecule has 0 saturated carbocycles. The van der Waals surface area contributed by atoms with Crippen LogP contribution in [0.1, 0.15) is 45.2 Å². The number of rotatable bonds is 6. The first-order valence-electron chi connectivity index (χ1n) is 7.78. The molecule has 0 saturated heterocycles. The van der Waals surface area contributed by atoms with Crippen molar-refractivity contribution in [3.05, 3.63) is 59.4 Å². The lowest BCUT2D eigenvalue weighted by molar-refractivity contribution is 0.0513.